The zero-order chi connectivity index (χ0) is 14.9. The van der Waals surface area contributed by atoms with E-state index >= 15 is 0 Å². The Kier molecular flexibility index (Phi) is 4.66. The number of rotatable bonds is 3. The van der Waals surface area contributed by atoms with Crippen LogP contribution in [0.25, 0.3) is 0 Å². The van der Waals surface area contributed by atoms with E-state index in [1.54, 1.807) is 13.8 Å². The molecule has 1 saturated heterocycles. The molecule has 1 aromatic carbocycles. The number of piperazine rings is 1. The Labute approximate surface area is 121 Å². The standard InChI is InChI=1S/C16H25FN2O/c1-11(2)18-5-7-19(8-6-18)16-9-12(3)15(17)10-14(16)13(4)20/h9-11,13,20H,5-8H2,1-4H3/t13-/m0/s1. The zero-order valence-corrected chi connectivity index (χ0v) is 12.9. The summed E-state index contributed by atoms with van der Waals surface area (Å²) >= 11 is 0. The first kappa shape index (κ1) is 15.3. The van der Waals surface area contributed by atoms with Gasteiger partial charge in [-0.25, -0.2) is 4.39 Å². The third-order valence-electron chi connectivity index (χ3n) is 4.14. The molecule has 1 aliphatic heterocycles. The molecule has 3 nitrogen and oxygen atoms in total. The number of nitrogens with zero attached hydrogens (tertiary/aromatic N) is 2. The maximum absolute atomic E-state index is 13.7. The van der Waals surface area contributed by atoms with Gasteiger partial charge in [0.2, 0.25) is 0 Å². The van der Waals surface area contributed by atoms with Gasteiger partial charge >= 0.3 is 0 Å². The summed E-state index contributed by atoms with van der Waals surface area (Å²) in [6.45, 7) is 11.7. The molecule has 1 N–H and O–H groups in total. The lowest BCUT2D eigenvalue weighted by atomic mass is 10.0. The number of hydrogen-bond donors (Lipinski definition) is 1. The first-order valence-corrected chi connectivity index (χ1v) is 7.37. The summed E-state index contributed by atoms with van der Waals surface area (Å²) in [4.78, 5) is 4.70. The number of anilines is 1. The van der Waals surface area contributed by atoms with Crippen molar-refractivity contribution in [1.29, 1.82) is 0 Å². The fourth-order valence-corrected chi connectivity index (χ4v) is 2.77. The van der Waals surface area contributed by atoms with E-state index in [1.165, 1.54) is 6.07 Å². The van der Waals surface area contributed by atoms with Gasteiger partial charge in [-0.3, -0.25) is 4.90 Å². The Morgan fingerprint density at radius 3 is 2.20 bits per heavy atom. The molecular weight excluding hydrogens is 255 g/mol. The van der Waals surface area contributed by atoms with Gasteiger partial charge in [0.25, 0.3) is 0 Å². The molecule has 1 heterocycles. The molecule has 0 aromatic heterocycles. The van der Waals surface area contributed by atoms with Gasteiger partial charge in [-0.2, -0.15) is 0 Å². The van der Waals surface area contributed by atoms with E-state index in [9.17, 15) is 9.50 Å². The van der Waals surface area contributed by atoms with Crippen LogP contribution in [0.1, 0.15) is 38.0 Å². The van der Waals surface area contributed by atoms with Crippen LogP contribution in [0.2, 0.25) is 0 Å². The zero-order valence-electron chi connectivity index (χ0n) is 12.9. The van der Waals surface area contributed by atoms with Crippen LogP contribution in [0.4, 0.5) is 10.1 Å². The normalized spacial score (nSPS) is 18.6. The van der Waals surface area contributed by atoms with Crippen molar-refractivity contribution in [3.63, 3.8) is 0 Å². The van der Waals surface area contributed by atoms with Crippen LogP contribution in [-0.4, -0.2) is 42.2 Å². The Hall–Kier alpha value is -1.13. The maximum atomic E-state index is 13.7. The van der Waals surface area contributed by atoms with Gasteiger partial charge in [0, 0.05) is 43.5 Å². The van der Waals surface area contributed by atoms with Crippen molar-refractivity contribution < 1.29 is 9.50 Å². The minimum absolute atomic E-state index is 0.245. The van der Waals surface area contributed by atoms with Crippen molar-refractivity contribution in [2.45, 2.75) is 39.8 Å². The molecule has 0 bridgehead atoms. The summed E-state index contributed by atoms with van der Waals surface area (Å²) in [7, 11) is 0. The van der Waals surface area contributed by atoms with Gasteiger partial charge < -0.3 is 10.0 Å². The van der Waals surface area contributed by atoms with Crippen molar-refractivity contribution in [2.24, 2.45) is 0 Å². The summed E-state index contributed by atoms with van der Waals surface area (Å²) in [5.41, 5.74) is 2.30. The van der Waals surface area contributed by atoms with Crippen molar-refractivity contribution in [3.05, 3.63) is 29.1 Å². The highest BCUT2D eigenvalue weighted by Crippen LogP contribution is 2.30. The highest BCUT2D eigenvalue weighted by molar-refractivity contribution is 5.57. The third kappa shape index (κ3) is 3.13. The molecule has 2 rings (SSSR count). The Bertz CT molecular complexity index is 466. The molecule has 20 heavy (non-hydrogen) atoms. The number of aliphatic hydroxyl groups is 1. The molecule has 0 aliphatic carbocycles. The molecule has 0 spiro atoms. The predicted octanol–water partition coefficient (Wildman–Crippen LogP) is 2.72. The fraction of sp³-hybridized carbons (Fsp3) is 0.625. The molecule has 0 saturated carbocycles. The average Bonchev–Trinajstić information content (AvgIpc) is 2.41. The van der Waals surface area contributed by atoms with Crippen LogP contribution >= 0.6 is 0 Å². The van der Waals surface area contributed by atoms with Gasteiger partial charge in [0.05, 0.1) is 6.10 Å². The van der Waals surface area contributed by atoms with Gasteiger partial charge in [-0.1, -0.05) is 0 Å². The van der Waals surface area contributed by atoms with Gasteiger partial charge in [-0.15, -0.1) is 0 Å². The minimum Gasteiger partial charge on any atom is -0.389 e. The summed E-state index contributed by atoms with van der Waals surface area (Å²) in [5.74, 6) is -0.245. The molecule has 112 valence electrons. The molecule has 1 fully saturated rings. The van der Waals surface area contributed by atoms with Crippen molar-refractivity contribution in [3.8, 4) is 0 Å². The minimum atomic E-state index is -0.650. The maximum Gasteiger partial charge on any atom is 0.126 e. The van der Waals surface area contributed by atoms with Crippen LogP contribution < -0.4 is 4.90 Å². The van der Waals surface area contributed by atoms with E-state index in [-0.39, 0.29) is 5.82 Å². The van der Waals surface area contributed by atoms with Crippen LogP contribution in [0, 0.1) is 12.7 Å². The van der Waals surface area contributed by atoms with Crippen LogP contribution in [0.5, 0.6) is 0 Å². The second-order valence-electron chi connectivity index (χ2n) is 5.95. The molecule has 1 aliphatic rings. The lowest BCUT2D eigenvalue weighted by molar-refractivity contribution is 0.195. The number of halogens is 1. The summed E-state index contributed by atoms with van der Waals surface area (Å²) in [6.07, 6.45) is -0.650. The molecule has 0 unspecified atom stereocenters. The Balaban J connectivity index is 2.23. The van der Waals surface area contributed by atoms with Crippen LogP contribution in [-0.2, 0) is 0 Å². The highest BCUT2D eigenvalue weighted by atomic mass is 19.1. The van der Waals surface area contributed by atoms with E-state index in [2.05, 4.69) is 23.6 Å². The van der Waals surface area contributed by atoms with Gasteiger partial charge in [-0.05, 0) is 45.4 Å². The highest BCUT2D eigenvalue weighted by Gasteiger charge is 2.22. The second kappa shape index (κ2) is 6.10. The number of benzene rings is 1. The Morgan fingerprint density at radius 2 is 1.70 bits per heavy atom. The van der Waals surface area contributed by atoms with Crippen LogP contribution in [0.3, 0.4) is 0 Å². The van der Waals surface area contributed by atoms with E-state index in [0.29, 0.717) is 17.2 Å². The molecule has 1 aromatic rings. The first-order valence-electron chi connectivity index (χ1n) is 7.37. The van der Waals surface area contributed by atoms with Crippen molar-refractivity contribution >= 4 is 5.69 Å². The smallest absolute Gasteiger partial charge is 0.126 e. The quantitative estimate of drug-likeness (QED) is 0.922. The fourth-order valence-electron chi connectivity index (χ4n) is 2.77. The second-order valence-corrected chi connectivity index (χ2v) is 5.95. The van der Waals surface area contributed by atoms with E-state index in [0.717, 1.165) is 31.9 Å². The van der Waals surface area contributed by atoms with Gasteiger partial charge in [0.15, 0.2) is 0 Å². The van der Waals surface area contributed by atoms with Crippen molar-refractivity contribution in [2.75, 3.05) is 31.1 Å². The monoisotopic (exact) mass is 280 g/mol. The molecule has 0 amide bonds. The lowest BCUT2D eigenvalue weighted by Crippen LogP contribution is -2.49. The molecule has 0 radical (unpaired) electrons. The summed E-state index contributed by atoms with van der Waals surface area (Å²) < 4.78 is 13.7. The Morgan fingerprint density at radius 1 is 1.10 bits per heavy atom. The number of hydrogen-bond acceptors (Lipinski definition) is 3. The topological polar surface area (TPSA) is 26.7 Å². The third-order valence-corrected chi connectivity index (χ3v) is 4.14. The van der Waals surface area contributed by atoms with Crippen LogP contribution in [0.15, 0.2) is 12.1 Å². The van der Waals surface area contributed by atoms with Crippen molar-refractivity contribution in [1.82, 2.24) is 4.90 Å². The van der Waals surface area contributed by atoms with E-state index in [1.807, 2.05) is 6.07 Å². The first-order chi connectivity index (χ1) is 9.40. The lowest BCUT2D eigenvalue weighted by Gasteiger charge is -2.39. The molecular formula is C16H25FN2O. The predicted molar refractivity (Wildman–Crippen MR) is 80.7 cm³/mol. The summed E-state index contributed by atoms with van der Waals surface area (Å²) in [6, 6.07) is 3.90. The largest absolute Gasteiger partial charge is 0.389 e. The van der Waals surface area contributed by atoms with E-state index < -0.39 is 6.10 Å². The number of aliphatic hydroxyl groups excluding tert-OH is 1. The molecule has 1 atom stereocenters. The summed E-state index contributed by atoms with van der Waals surface area (Å²) in [5, 5.41) is 9.89. The van der Waals surface area contributed by atoms with E-state index in [4.69, 9.17) is 0 Å². The average molecular weight is 280 g/mol. The molecule has 4 heteroatoms. The van der Waals surface area contributed by atoms with Gasteiger partial charge in [0.1, 0.15) is 5.82 Å². The SMILES string of the molecule is Cc1cc(N2CCN(C(C)C)CC2)c([C@H](C)O)cc1F. The number of aryl methyl sites for hydroxylation is 1.